The standard InChI is InChI=1S/C35H48O7Si/c1-10-12-15-28-16-14-18-32(42-43(8,9)35(3,4)5)33(28)34(36)41-31(30(17-13-11-2)40-26-37-6)23-24-39-25-27-19-21-29(38-7)22-20-27/h10-22,30-31H,1-2,23-26H2,3-9H3/b15-12+,17-13-/t30-,31-/m0/s1. The predicted octanol–water partition coefficient (Wildman–Crippen LogP) is 8.14. The highest BCUT2D eigenvalue weighted by Gasteiger charge is 2.40. The first-order chi connectivity index (χ1) is 20.5. The maximum Gasteiger partial charge on any atom is 0.342 e. The molecule has 234 valence electrons. The van der Waals surface area contributed by atoms with Gasteiger partial charge in [0.2, 0.25) is 0 Å². The van der Waals surface area contributed by atoms with Crippen LogP contribution in [0.5, 0.6) is 11.5 Å². The molecule has 0 heterocycles. The van der Waals surface area contributed by atoms with Crippen molar-refractivity contribution in [2.75, 3.05) is 27.6 Å². The molecule has 43 heavy (non-hydrogen) atoms. The van der Waals surface area contributed by atoms with Gasteiger partial charge in [-0.25, -0.2) is 4.79 Å². The van der Waals surface area contributed by atoms with Crippen LogP contribution in [0.15, 0.2) is 86.0 Å². The highest BCUT2D eigenvalue weighted by molar-refractivity contribution is 6.74. The van der Waals surface area contributed by atoms with Crippen molar-refractivity contribution in [1.29, 1.82) is 0 Å². The Kier molecular flexibility index (Phi) is 14.7. The number of carbonyl (C=O) groups is 1. The summed E-state index contributed by atoms with van der Waals surface area (Å²) in [6.45, 7) is 19.0. The molecule has 0 spiro atoms. The number of carbonyl (C=O) groups excluding carboxylic acids is 1. The summed E-state index contributed by atoms with van der Waals surface area (Å²) in [5.41, 5.74) is 2.03. The molecule has 0 radical (unpaired) electrons. The molecule has 0 unspecified atom stereocenters. The number of hydrogen-bond donors (Lipinski definition) is 0. The van der Waals surface area contributed by atoms with E-state index in [4.69, 9.17) is 28.1 Å². The molecule has 0 N–H and O–H groups in total. The van der Waals surface area contributed by atoms with Crippen molar-refractivity contribution in [1.82, 2.24) is 0 Å². The van der Waals surface area contributed by atoms with Gasteiger partial charge in [-0.2, -0.15) is 0 Å². The van der Waals surface area contributed by atoms with Gasteiger partial charge in [-0.1, -0.05) is 94.7 Å². The summed E-state index contributed by atoms with van der Waals surface area (Å²) < 4.78 is 35.1. The number of hydrogen-bond acceptors (Lipinski definition) is 7. The van der Waals surface area contributed by atoms with Gasteiger partial charge in [0.25, 0.3) is 8.32 Å². The minimum Gasteiger partial charge on any atom is -0.543 e. The van der Waals surface area contributed by atoms with E-state index in [-0.39, 0.29) is 11.8 Å². The molecule has 0 aliphatic rings. The molecule has 0 aliphatic carbocycles. The fraction of sp³-hybridized carbons (Fsp3) is 0.400. The first-order valence-electron chi connectivity index (χ1n) is 14.4. The van der Waals surface area contributed by atoms with Crippen molar-refractivity contribution in [2.45, 2.75) is 64.1 Å². The molecule has 2 aromatic rings. The van der Waals surface area contributed by atoms with E-state index >= 15 is 0 Å². The lowest BCUT2D eigenvalue weighted by Gasteiger charge is -2.37. The lowest BCUT2D eigenvalue weighted by molar-refractivity contribution is -0.103. The van der Waals surface area contributed by atoms with Gasteiger partial charge in [-0.3, -0.25) is 0 Å². The second kappa shape index (κ2) is 17.6. The molecule has 0 fully saturated rings. The molecule has 0 aromatic heterocycles. The van der Waals surface area contributed by atoms with Gasteiger partial charge in [0.1, 0.15) is 36.1 Å². The average molecular weight is 609 g/mol. The van der Waals surface area contributed by atoms with Crippen LogP contribution in [0.4, 0.5) is 0 Å². The highest BCUT2D eigenvalue weighted by atomic mass is 28.4. The third-order valence-corrected chi connectivity index (χ3v) is 11.6. The fourth-order valence-electron chi connectivity index (χ4n) is 3.81. The Hall–Kier alpha value is -3.43. The van der Waals surface area contributed by atoms with E-state index in [0.29, 0.717) is 36.5 Å². The van der Waals surface area contributed by atoms with Crippen molar-refractivity contribution >= 4 is 20.4 Å². The normalized spacial score (nSPS) is 13.6. The van der Waals surface area contributed by atoms with Crippen molar-refractivity contribution in [3.05, 3.63) is 103 Å². The summed E-state index contributed by atoms with van der Waals surface area (Å²) in [6.07, 6.45) is 9.54. The number of methoxy groups -OCH3 is 2. The van der Waals surface area contributed by atoms with Gasteiger partial charge >= 0.3 is 5.97 Å². The molecule has 2 rings (SSSR count). The summed E-state index contributed by atoms with van der Waals surface area (Å²) in [5.74, 6) is 0.757. The third kappa shape index (κ3) is 11.3. The molecule has 2 aromatic carbocycles. The molecule has 0 bridgehead atoms. The maximum absolute atomic E-state index is 14.0. The lowest BCUT2D eigenvalue weighted by atomic mass is 10.0. The number of benzene rings is 2. The molecular weight excluding hydrogens is 560 g/mol. The minimum atomic E-state index is -2.28. The summed E-state index contributed by atoms with van der Waals surface area (Å²) in [6, 6.07) is 13.2. The first kappa shape index (κ1) is 35.8. The van der Waals surface area contributed by atoms with Crippen LogP contribution in [0.3, 0.4) is 0 Å². The summed E-state index contributed by atoms with van der Waals surface area (Å²) >= 11 is 0. The van der Waals surface area contributed by atoms with Crippen LogP contribution in [0.25, 0.3) is 6.08 Å². The second-order valence-electron chi connectivity index (χ2n) is 11.5. The largest absolute Gasteiger partial charge is 0.543 e. The predicted molar refractivity (Wildman–Crippen MR) is 176 cm³/mol. The zero-order valence-electron chi connectivity index (χ0n) is 26.8. The van der Waals surface area contributed by atoms with Gasteiger partial charge in [-0.15, -0.1) is 0 Å². The topological polar surface area (TPSA) is 72.5 Å². The summed E-state index contributed by atoms with van der Waals surface area (Å²) in [7, 11) is 0.891. The van der Waals surface area contributed by atoms with Crippen LogP contribution in [0, 0.1) is 0 Å². The quantitative estimate of drug-likeness (QED) is 0.0556. The van der Waals surface area contributed by atoms with Crippen molar-refractivity contribution in [3.63, 3.8) is 0 Å². The smallest absolute Gasteiger partial charge is 0.342 e. The van der Waals surface area contributed by atoms with Gasteiger partial charge in [0, 0.05) is 13.5 Å². The molecule has 0 saturated carbocycles. The van der Waals surface area contributed by atoms with Crippen LogP contribution >= 0.6 is 0 Å². The SMILES string of the molecule is C=C/C=C\[C@H](OCOC)[C@H](CCOCc1ccc(OC)cc1)OC(=O)c1c(/C=C/C=C)cccc1O[Si](C)(C)C(C)(C)C. The van der Waals surface area contributed by atoms with E-state index in [1.807, 2.05) is 48.5 Å². The molecule has 0 amide bonds. The minimum absolute atomic E-state index is 0.0191. The first-order valence-corrected chi connectivity index (χ1v) is 17.3. The van der Waals surface area contributed by atoms with E-state index in [2.05, 4.69) is 47.0 Å². The number of rotatable bonds is 18. The second-order valence-corrected chi connectivity index (χ2v) is 16.2. The van der Waals surface area contributed by atoms with Gasteiger partial charge in [0.05, 0.1) is 20.3 Å². The van der Waals surface area contributed by atoms with E-state index in [1.165, 1.54) is 0 Å². The van der Waals surface area contributed by atoms with Crippen molar-refractivity contribution in [2.24, 2.45) is 0 Å². The molecule has 8 heteroatoms. The zero-order chi connectivity index (χ0) is 31.9. The van der Waals surface area contributed by atoms with E-state index in [9.17, 15) is 4.79 Å². The van der Waals surface area contributed by atoms with Gasteiger partial charge in [-0.05, 0) is 47.5 Å². The number of ether oxygens (including phenoxy) is 5. The Balaban J connectivity index is 2.39. The lowest BCUT2D eigenvalue weighted by Crippen LogP contribution is -2.44. The molecule has 0 saturated heterocycles. The number of esters is 1. The van der Waals surface area contributed by atoms with E-state index < -0.39 is 26.5 Å². The Labute approximate surface area is 258 Å². The highest BCUT2D eigenvalue weighted by Crippen LogP contribution is 2.39. The van der Waals surface area contributed by atoms with Crippen LogP contribution in [-0.4, -0.2) is 54.1 Å². The molecule has 0 aliphatic heterocycles. The van der Waals surface area contributed by atoms with Crippen LogP contribution in [0.2, 0.25) is 18.1 Å². The summed E-state index contributed by atoms with van der Waals surface area (Å²) in [4.78, 5) is 14.0. The van der Waals surface area contributed by atoms with E-state index in [0.717, 1.165) is 11.3 Å². The third-order valence-electron chi connectivity index (χ3n) is 7.26. The Morgan fingerprint density at radius 1 is 1.00 bits per heavy atom. The van der Waals surface area contributed by atoms with Crippen LogP contribution < -0.4 is 9.16 Å². The van der Waals surface area contributed by atoms with Crippen molar-refractivity contribution in [3.8, 4) is 11.5 Å². The summed E-state index contributed by atoms with van der Waals surface area (Å²) in [5, 5.41) is -0.0700. The number of allylic oxidation sites excluding steroid dienone is 4. The van der Waals surface area contributed by atoms with Crippen LogP contribution in [0.1, 0.15) is 48.7 Å². The Morgan fingerprint density at radius 2 is 1.70 bits per heavy atom. The van der Waals surface area contributed by atoms with E-state index in [1.54, 1.807) is 44.6 Å². The monoisotopic (exact) mass is 608 g/mol. The maximum atomic E-state index is 14.0. The Bertz CT molecular complexity index is 1230. The Morgan fingerprint density at radius 3 is 2.30 bits per heavy atom. The van der Waals surface area contributed by atoms with Crippen LogP contribution in [-0.2, 0) is 25.6 Å². The molecular formula is C35H48O7Si. The average Bonchev–Trinajstić information content (AvgIpc) is 2.97. The molecule has 7 nitrogen and oxygen atoms in total. The zero-order valence-corrected chi connectivity index (χ0v) is 27.8. The molecule has 2 atom stereocenters. The van der Waals surface area contributed by atoms with Gasteiger partial charge < -0.3 is 28.1 Å². The van der Waals surface area contributed by atoms with Gasteiger partial charge in [0.15, 0.2) is 0 Å². The fourth-order valence-corrected chi connectivity index (χ4v) is 4.84. The van der Waals surface area contributed by atoms with Crippen molar-refractivity contribution < 1.29 is 32.9 Å².